The lowest BCUT2D eigenvalue weighted by Crippen LogP contribution is -2.07. The third-order valence-corrected chi connectivity index (χ3v) is 3.75. The van der Waals surface area contributed by atoms with Crippen LogP contribution >= 0.6 is 0 Å². The summed E-state index contributed by atoms with van der Waals surface area (Å²) in [5.74, 6) is 1.58. The average molecular weight is 303 g/mol. The smallest absolute Gasteiger partial charge is 0.151 e. The van der Waals surface area contributed by atoms with Crippen molar-refractivity contribution >= 4 is 23.1 Å². The van der Waals surface area contributed by atoms with E-state index in [1.54, 1.807) is 6.21 Å². The van der Waals surface area contributed by atoms with Crippen LogP contribution in [-0.2, 0) is 17.8 Å². The molecule has 0 amide bonds. The van der Waals surface area contributed by atoms with Crippen LogP contribution in [0.25, 0.3) is 11.0 Å². The van der Waals surface area contributed by atoms with Crippen LogP contribution in [0.4, 0.5) is 5.82 Å². The van der Waals surface area contributed by atoms with E-state index in [1.807, 2.05) is 13.8 Å². The van der Waals surface area contributed by atoms with Crippen molar-refractivity contribution in [2.24, 2.45) is 5.16 Å². The van der Waals surface area contributed by atoms with Crippen molar-refractivity contribution in [3.8, 4) is 0 Å². The fourth-order valence-electron chi connectivity index (χ4n) is 2.62. The number of oxime groups is 1. The summed E-state index contributed by atoms with van der Waals surface area (Å²) in [7, 11) is 0. The van der Waals surface area contributed by atoms with Gasteiger partial charge < -0.3 is 15.1 Å². The first-order chi connectivity index (χ1) is 10.6. The Morgan fingerprint density at radius 3 is 2.77 bits per heavy atom. The number of imidazole rings is 1. The fourth-order valence-corrected chi connectivity index (χ4v) is 2.62. The topological polar surface area (TPSA) is 78.3 Å². The molecule has 2 aromatic rings. The van der Waals surface area contributed by atoms with Crippen molar-refractivity contribution in [1.82, 2.24) is 14.5 Å². The van der Waals surface area contributed by atoms with Crippen LogP contribution in [0.2, 0.25) is 0 Å². The van der Waals surface area contributed by atoms with E-state index in [4.69, 9.17) is 15.6 Å². The zero-order valence-electron chi connectivity index (χ0n) is 13.9. The molecule has 2 heterocycles. The molecule has 0 radical (unpaired) electrons. The minimum atomic E-state index is 0.515. The second-order valence-electron chi connectivity index (χ2n) is 5.38. The monoisotopic (exact) mass is 303 g/mol. The molecule has 2 aromatic heterocycles. The largest absolute Gasteiger partial charge is 0.396 e. The summed E-state index contributed by atoms with van der Waals surface area (Å²) in [6.45, 7) is 9.49. The van der Waals surface area contributed by atoms with Crippen molar-refractivity contribution in [3.63, 3.8) is 0 Å². The van der Waals surface area contributed by atoms with Gasteiger partial charge in [-0.2, -0.15) is 0 Å². The molecular formula is C16H25N5O. The quantitative estimate of drug-likeness (QED) is 0.484. The van der Waals surface area contributed by atoms with E-state index in [-0.39, 0.29) is 0 Å². The molecule has 0 fully saturated rings. The molecule has 120 valence electrons. The number of fused-ring (bicyclic) bond motifs is 1. The molecule has 0 saturated carbocycles. The zero-order chi connectivity index (χ0) is 16.1. The highest BCUT2D eigenvalue weighted by Crippen LogP contribution is 2.26. The molecule has 2 rings (SSSR count). The van der Waals surface area contributed by atoms with Gasteiger partial charge in [0.25, 0.3) is 0 Å². The molecule has 0 aliphatic carbocycles. The minimum absolute atomic E-state index is 0.515. The fraction of sp³-hybridized carbons (Fsp3) is 0.562. The third kappa shape index (κ3) is 3.21. The number of pyridine rings is 1. The first kappa shape index (κ1) is 16.3. The lowest BCUT2D eigenvalue weighted by Gasteiger charge is -2.11. The zero-order valence-corrected chi connectivity index (χ0v) is 13.9. The highest BCUT2D eigenvalue weighted by molar-refractivity contribution is 5.88. The van der Waals surface area contributed by atoms with Gasteiger partial charge in [-0.15, -0.1) is 0 Å². The Morgan fingerprint density at radius 1 is 1.32 bits per heavy atom. The number of aromatic nitrogens is 3. The molecule has 22 heavy (non-hydrogen) atoms. The van der Waals surface area contributed by atoms with Gasteiger partial charge in [-0.05, 0) is 32.8 Å². The van der Waals surface area contributed by atoms with Crippen LogP contribution in [0, 0.1) is 13.8 Å². The van der Waals surface area contributed by atoms with Crippen molar-refractivity contribution in [1.29, 1.82) is 0 Å². The number of aryl methyl sites for hydroxylation is 4. The molecule has 2 N–H and O–H groups in total. The van der Waals surface area contributed by atoms with Crippen molar-refractivity contribution in [3.05, 3.63) is 17.1 Å². The Morgan fingerprint density at radius 2 is 2.09 bits per heavy atom. The maximum absolute atomic E-state index is 6.07. The third-order valence-electron chi connectivity index (χ3n) is 3.75. The summed E-state index contributed by atoms with van der Waals surface area (Å²) < 4.78 is 2.26. The standard InChI is InChI=1S/C16H25N5O/c1-5-8-13-20-14-15(11(3)12(4)19-16(14)17)21(13)9-7-10-22-18-6-2/h6H,5,7-10H2,1-4H3,(H2,17,19). The van der Waals surface area contributed by atoms with Gasteiger partial charge in [0.1, 0.15) is 17.9 Å². The molecule has 0 saturated heterocycles. The summed E-state index contributed by atoms with van der Waals surface area (Å²) in [5, 5.41) is 3.78. The summed E-state index contributed by atoms with van der Waals surface area (Å²) in [6.07, 6.45) is 4.50. The first-order valence-electron chi connectivity index (χ1n) is 7.81. The van der Waals surface area contributed by atoms with Crippen LogP contribution in [0.1, 0.15) is 43.8 Å². The van der Waals surface area contributed by atoms with Crippen LogP contribution in [0.3, 0.4) is 0 Å². The Balaban J connectivity index is 2.38. The minimum Gasteiger partial charge on any atom is -0.396 e. The molecule has 0 aromatic carbocycles. The molecule has 0 atom stereocenters. The Kier molecular flexibility index (Phi) is 5.35. The van der Waals surface area contributed by atoms with E-state index in [0.717, 1.165) is 53.9 Å². The van der Waals surface area contributed by atoms with E-state index in [0.29, 0.717) is 12.4 Å². The summed E-state index contributed by atoms with van der Waals surface area (Å²) >= 11 is 0. The van der Waals surface area contributed by atoms with Gasteiger partial charge in [0.2, 0.25) is 0 Å². The Hall–Kier alpha value is -2.11. The van der Waals surface area contributed by atoms with Gasteiger partial charge in [-0.1, -0.05) is 12.1 Å². The van der Waals surface area contributed by atoms with E-state index >= 15 is 0 Å². The predicted octanol–water partition coefficient (Wildman–Crippen LogP) is 3.00. The van der Waals surface area contributed by atoms with E-state index in [9.17, 15) is 0 Å². The lowest BCUT2D eigenvalue weighted by atomic mass is 10.2. The molecule has 6 heteroatoms. The molecule has 0 aliphatic heterocycles. The van der Waals surface area contributed by atoms with Crippen molar-refractivity contribution in [2.45, 2.75) is 53.5 Å². The second-order valence-corrected chi connectivity index (χ2v) is 5.38. The lowest BCUT2D eigenvalue weighted by molar-refractivity contribution is 0.139. The van der Waals surface area contributed by atoms with Gasteiger partial charge in [-0.25, -0.2) is 9.97 Å². The molecule has 0 spiro atoms. The number of hydrogen-bond donors (Lipinski definition) is 1. The number of anilines is 1. The molecular weight excluding hydrogens is 278 g/mol. The van der Waals surface area contributed by atoms with Crippen LogP contribution in [0.15, 0.2) is 5.16 Å². The van der Waals surface area contributed by atoms with Crippen LogP contribution < -0.4 is 5.73 Å². The molecule has 0 bridgehead atoms. The Labute approximate surface area is 131 Å². The summed E-state index contributed by atoms with van der Waals surface area (Å²) in [4.78, 5) is 14.3. The number of nitrogen functional groups attached to an aromatic ring is 1. The molecule has 0 aliphatic rings. The first-order valence-corrected chi connectivity index (χ1v) is 7.81. The maximum Gasteiger partial charge on any atom is 0.151 e. The number of nitrogens with two attached hydrogens (primary N) is 1. The van der Waals surface area contributed by atoms with Crippen LogP contribution in [0.5, 0.6) is 0 Å². The van der Waals surface area contributed by atoms with Crippen molar-refractivity contribution in [2.75, 3.05) is 12.3 Å². The maximum atomic E-state index is 6.07. The van der Waals surface area contributed by atoms with Gasteiger partial charge >= 0.3 is 0 Å². The predicted molar refractivity (Wildman–Crippen MR) is 90.1 cm³/mol. The van der Waals surface area contributed by atoms with E-state index in [2.05, 4.69) is 28.6 Å². The summed E-state index contributed by atoms with van der Waals surface area (Å²) in [6, 6.07) is 0. The molecule has 0 unspecified atom stereocenters. The normalized spacial score (nSPS) is 11.6. The Bertz CT molecular complexity index is 675. The highest BCUT2D eigenvalue weighted by Gasteiger charge is 2.16. The average Bonchev–Trinajstić information content (AvgIpc) is 2.84. The number of rotatable bonds is 7. The van der Waals surface area contributed by atoms with E-state index < -0.39 is 0 Å². The van der Waals surface area contributed by atoms with Crippen molar-refractivity contribution < 1.29 is 4.84 Å². The van der Waals surface area contributed by atoms with Gasteiger partial charge in [0.15, 0.2) is 5.82 Å². The highest BCUT2D eigenvalue weighted by atomic mass is 16.6. The van der Waals surface area contributed by atoms with Crippen LogP contribution in [-0.4, -0.2) is 27.4 Å². The number of nitrogens with zero attached hydrogens (tertiary/aromatic N) is 4. The SMILES string of the molecule is CC=NOCCCn1c(CCC)nc2c(N)nc(C)c(C)c21. The van der Waals surface area contributed by atoms with Gasteiger partial charge in [-0.3, -0.25) is 0 Å². The summed E-state index contributed by atoms with van der Waals surface area (Å²) in [5.41, 5.74) is 10.1. The second kappa shape index (κ2) is 7.24. The van der Waals surface area contributed by atoms with E-state index in [1.165, 1.54) is 0 Å². The van der Waals surface area contributed by atoms with Gasteiger partial charge in [0, 0.05) is 31.3 Å². The van der Waals surface area contributed by atoms with Gasteiger partial charge in [0.05, 0.1) is 5.52 Å². The number of hydrogen-bond acceptors (Lipinski definition) is 5. The molecule has 6 nitrogen and oxygen atoms in total.